The average molecular weight is 330 g/mol. The lowest BCUT2D eigenvalue weighted by molar-refractivity contribution is 0.0500. The molecule has 4 rings (SSSR count). The highest BCUT2D eigenvalue weighted by molar-refractivity contribution is 5.55. The summed E-state index contributed by atoms with van der Waals surface area (Å²) in [6, 6.07) is 31.3. The number of benzene rings is 3. The average Bonchev–Trinajstić information content (AvgIpc) is 3.12. The van der Waals surface area contributed by atoms with E-state index in [-0.39, 0.29) is 6.35 Å². The third kappa shape index (κ3) is 3.52. The molecule has 0 aromatic heterocycles. The Morgan fingerprint density at radius 1 is 0.640 bits per heavy atom. The molecule has 0 radical (unpaired) electrons. The Morgan fingerprint density at radius 2 is 1.08 bits per heavy atom. The molecule has 3 aromatic rings. The third-order valence-corrected chi connectivity index (χ3v) is 4.53. The van der Waals surface area contributed by atoms with E-state index in [0.29, 0.717) is 6.61 Å². The van der Waals surface area contributed by atoms with Crippen molar-refractivity contribution < 1.29 is 4.74 Å². The highest BCUT2D eigenvalue weighted by atomic mass is 16.5. The molecule has 0 amide bonds. The predicted octanol–water partition coefficient (Wildman–Crippen LogP) is 4.51. The van der Waals surface area contributed by atoms with Crippen molar-refractivity contribution in [1.29, 1.82) is 0 Å². The summed E-state index contributed by atoms with van der Waals surface area (Å²) in [6.07, 6.45) is -0.106. The van der Waals surface area contributed by atoms with E-state index in [1.807, 2.05) is 18.2 Å². The van der Waals surface area contributed by atoms with Gasteiger partial charge in [0.05, 0.1) is 6.61 Å². The number of hydrogen-bond acceptors (Lipinski definition) is 3. The molecule has 3 aromatic carbocycles. The van der Waals surface area contributed by atoms with Crippen LogP contribution in [0.3, 0.4) is 0 Å². The molecule has 1 heterocycles. The van der Waals surface area contributed by atoms with Crippen LogP contribution in [0.5, 0.6) is 0 Å². The first kappa shape index (κ1) is 15.7. The highest BCUT2D eigenvalue weighted by Gasteiger charge is 2.33. The molecule has 1 aliphatic heterocycles. The summed E-state index contributed by atoms with van der Waals surface area (Å²) in [5, 5.41) is 0. The van der Waals surface area contributed by atoms with Crippen LogP contribution in [0.2, 0.25) is 0 Å². The molecule has 0 spiro atoms. The summed E-state index contributed by atoms with van der Waals surface area (Å²) in [4.78, 5) is 4.66. The van der Waals surface area contributed by atoms with Gasteiger partial charge in [-0.25, -0.2) is 0 Å². The maximum Gasteiger partial charge on any atom is 0.210 e. The van der Waals surface area contributed by atoms with E-state index >= 15 is 0 Å². The van der Waals surface area contributed by atoms with Gasteiger partial charge in [-0.3, -0.25) is 0 Å². The minimum atomic E-state index is -0.106. The summed E-state index contributed by atoms with van der Waals surface area (Å²) in [5.41, 5.74) is 3.58. The van der Waals surface area contributed by atoms with Gasteiger partial charge in [0.2, 0.25) is 6.35 Å². The monoisotopic (exact) mass is 330 g/mol. The maximum absolute atomic E-state index is 6.37. The van der Waals surface area contributed by atoms with Crippen LogP contribution in [0.15, 0.2) is 91.0 Å². The second kappa shape index (κ2) is 7.41. The molecule has 3 heteroatoms. The van der Waals surface area contributed by atoms with Crippen LogP contribution in [0, 0.1) is 0 Å². The molecule has 0 unspecified atom stereocenters. The summed E-state index contributed by atoms with van der Waals surface area (Å²) in [7, 11) is 0. The van der Waals surface area contributed by atoms with Crippen molar-refractivity contribution in [1.82, 2.24) is 0 Å². The van der Waals surface area contributed by atoms with Crippen LogP contribution in [-0.4, -0.2) is 19.4 Å². The Balaban J connectivity index is 1.59. The standard InChI is InChI=1S/C22H22N2O/c1-4-10-19(11-5-1)18-25-22-23(20-12-6-2-7-13-20)16-17-24(22)21-14-8-3-9-15-21/h1-15,22H,16-18H2. The number of hydrogen-bond donors (Lipinski definition) is 0. The molecule has 0 saturated carbocycles. The predicted molar refractivity (Wildman–Crippen MR) is 103 cm³/mol. The van der Waals surface area contributed by atoms with Crippen LogP contribution < -0.4 is 9.80 Å². The fourth-order valence-electron chi connectivity index (χ4n) is 3.28. The normalized spacial score (nSPS) is 14.9. The van der Waals surface area contributed by atoms with Gasteiger partial charge >= 0.3 is 0 Å². The van der Waals surface area contributed by atoms with Crippen LogP contribution in [0.1, 0.15) is 5.56 Å². The van der Waals surface area contributed by atoms with E-state index < -0.39 is 0 Å². The van der Waals surface area contributed by atoms with Gasteiger partial charge in [0.1, 0.15) is 0 Å². The molecule has 1 saturated heterocycles. The van der Waals surface area contributed by atoms with Gasteiger partial charge in [-0.2, -0.15) is 0 Å². The lowest BCUT2D eigenvalue weighted by atomic mass is 10.2. The van der Waals surface area contributed by atoms with Crippen molar-refractivity contribution >= 4 is 11.4 Å². The minimum absolute atomic E-state index is 0.106. The third-order valence-electron chi connectivity index (χ3n) is 4.53. The number of nitrogens with zero attached hydrogens (tertiary/aromatic N) is 2. The molecule has 1 fully saturated rings. The first-order chi connectivity index (χ1) is 12.4. The second-order valence-corrected chi connectivity index (χ2v) is 6.18. The molecule has 0 bridgehead atoms. The first-order valence-corrected chi connectivity index (χ1v) is 8.71. The van der Waals surface area contributed by atoms with Crippen LogP contribution in [-0.2, 0) is 11.3 Å². The highest BCUT2D eigenvalue weighted by Crippen LogP contribution is 2.29. The smallest absolute Gasteiger partial charge is 0.210 e. The molecule has 126 valence electrons. The molecular weight excluding hydrogens is 308 g/mol. The minimum Gasteiger partial charge on any atom is -0.335 e. The molecule has 25 heavy (non-hydrogen) atoms. The van der Waals surface area contributed by atoms with Gasteiger partial charge < -0.3 is 14.5 Å². The van der Waals surface area contributed by atoms with Gasteiger partial charge in [-0.1, -0.05) is 66.7 Å². The van der Waals surface area contributed by atoms with E-state index in [1.54, 1.807) is 0 Å². The lowest BCUT2D eigenvalue weighted by Crippen LogP contribution is -2.41. The fourth-order valence-corrected chi connectivity index (χ4v) is 3.28. The zero-order valence-corrected chi connectivity index (χ0v) is 14.2. The van der Waals surface area contributed by atoms with Crippen molar-refractivity contribution in [3.63, 3.8) is 0 Å². The van der Waals surface area contributed by atoms with Gasteiger partial charge in [0.15, 0.2) is 0 Å². The Labute approximate surface area is 149 Å². The molecule has 0 aliphatic carbocycles. The molecule has 1 aliphatic rings. The molecule has 3 nitrogen and oxygen atoms in total. The van der Waals surface area contributed by atoms with Crippen molar-refractivity contribution in [3.05, 3.63) is 96.6 Å². The Morgan fingerprint density at radius 3 is 1.56 bits per heavy atom. The number of para-hydroxylation sites is 2. The van der Waals surface area contributed by atoms with Crippen molar-refractivity contribution in [2.75, 3.05) is 22.9 Å². The Kier molecular flexibility index (Phi) is 4.66. The Hall–Kier alpha value is -2.78. The Bertz CT molecular complexity index is 729. The fraction of sp³-hybridized carbons (Fsp3) is 0.182. The molecule has 0 N–H and O–H groups in total. The van der Waals surface area contributed by atoms with Crippen LogP contribution in [0.25, 0.3) is 0 Å². The van der Waals surface area contributed by atoms with E-state index in [4.69, 9.17) is 4.74 Å². The van der Waals surface area contributed by atoms with Crippen LogP contribution >= 0.6 is 0 Å². The number of rotatable bonds is 5. The van der Waals surface area contributed by atoms with Gasteiger partial charge in [-0.05, 0) is 29.8 Å². The second-order valence-electron chi connectivity index (χ2n) is 6.18. The van der Waals surface area contributed by atoms with Crippen molar-refractivity contribution in [2.24, 2.45) is 0 Å². The molecule has 0 atom stereocenters. The largest absolute Gasteiger partial charge is 0.335 e. The number of anilines is 2. The summed E-state index contributed by atoms with van der Waals surface area (Å²) >= 11 is 0. The molecular formula is C22H22N2O. The quantitative estimate of drug-likeness (QED) is 0.684. The maximum atomic E-state index is 6.37. The van der Waals surface area contributed by atoms with Crippen LogP contribution in [0.4, 0.5) is 11.4 Å². The van der Waals surface area contributed by atoms with E-state index in [0.717, 1.165) is 13.1 Å². The summed E-state index contributed by atoms with van der Waals surface area (Å²) in [6.45, 7) is 2.48. The lowest BCUT2D eigenvalue weighted by Gasteiger charge is -2.32. The van der Waals surface area contributed by atoms with Gasteiger partial charge in [-0.15, -0.1) is 0 Å². The summed E-state index contributed by atoms with van der Waals surface area (Å²) in [5.74, 6) is 0. The van der Waals surface area contributed by atoms with Gasteiger partial charge in [0, 0.05) is 24.5 Å². The van der Waals surface area contributed by atoms with E-state index in [2.05, 4.69) is 82.6 Å². The van der Waals surface area contributed by atoms with E-state index in [1.165, 1.54) is 16.9 Å². The van der Waals surface area contributed by atoms with Gasteiger partial charge in [0.25, 0.3) is 0 Å². The first-order valence-electron chi connectivity index (χ1n) is 8.71. The topological polar surface area (TPSA) is 15.7 Å². The van der Waals surface area contributed by atoms with E-state index in [9.17, 15) is 0 Å². The van der Waals surface area contributed by atoms with Crippen molar-refractivity contribution in [2.45, 2.75) is 13.0 Å². The number of ether oxygens (including phenoxy) is 1. The zero-order valence-electron chi connectivity index (χ0n) is 14.2. The summed E-state index contributed by atoms with van der Waals surface area (Å²) < 4.78 is 6.37. The SMILES string of the molecule is c1ccc(COC2N(c3ccccc3)CCN2c2ccccc2)cc1. The van der Waals surface area contributed by atoms with Crippen molar-refractivity contribution in [3.8, 4) is 0 Å². The zero-order chi connectivity index (χ0) is 16.9.